The van der Waals surface area contributed by atoms with Gasteiger partial charge in [0.15, 0.2) is 0 Å². The van der Waals surface area contributed by atoms with Crippen LogP contribution in [0.4, 0.5) is 0 Å². The second-order valence-corrected chi connectivity index (χ2v) is 4.51. The normalized spacial score (nSPS) is 20.8. The number of rotatable bonds is 3. The smallest absolute Gasteiger partial charge is 0.219 e. The minimum absolute atomic E-state index is 0.155. The van der Waals surface area contributed by atoms with Crippen molar-refractivity contribution in [3.63, 3.8) is 0 Å². The van der Waals surface area contributed by atoms with Crippen LogP contribution in [0.5, 0.6) is 0 Å². The van der Waals surface area contributed by atoms with Gasteiger partial charge in [0.05, 0.1) is 10.9 Å². The molecule has 0 aromatic rings. The van der Waals surface area contributed by atoms with Gasteiger partial charge in [-0.05, 0) is 30.1 Å². The van der Waals surface area contributed by atoms with Gasteiger partial charge >= 0.3 is 0 Å². The molecule has 1 aliphatic carbocycles. The van der Waals surface area contributed by atoms with Gasteiger partial charge in [0, 0.05) is 5.70 Å². The molecular formula is C11H16N2O2S. The average Bonchev–Trinajstić information content (AvgIpc) is 2.23. The summed E-state index contributed by atoms with van der Waals surface area (Å²) in [5.41, 5.74) is 14.0. The summed E-state index contributed by atoms with van der Waals surface area (Å²) in [7, 11) is -2.32. The molecule has 0 saturated heterocycles. The van der Waals surface area contributed by atoms with Gasteiger partial charge in [-0.3, -0.25) is 0 Å². The zero-order valence-corrected chi connectivity index (χ0v) is 10.0. The summed E-state index contributed by atoms with van der Waals surface area (Å²) < 4.78 is 22.0. The van der Waals surface area contributed by atoms with Crippen LogP contribution in [0.3, 0.4) is 0 Å². The molecule has 4 N–H and O–H groups in total. The lowest BCUT2D eigenvalue weighted by Crippen LogP contribution is -2.36. The van der Waals surface area contributed by atoms with E-state index in [9.17, 15) is 8.42 Å². The van der Waals surface area contributed by atoms with Crippen LogP contribution in [0.2, 0.25) is 0 Å². The Bertz CT molecular complexity index is 490. The van der Waals surface area contributed by atoms with Crippen LogP contribution in [-0.2, 0) is 10.3 Å². The molecule has 1 aliphatic rings. The van der Waals surface area contributed by atoms with Crippen molar-refractivity contribution in [2.75, 3.05) is 0 Å². The molecule has 4 nitrogen and oxygen atoms in total. The molecule has 5 heteroatoms. The summed E-state index contributed by atoms with van der Waals surface area (Å²) in [6.45, 7) is 5.58. The Balaban J connectivity index is 3.39. The van der Waals surface area contributed by atoms with Gasteiger partial charge in [-0.2, -0.15) is 8.42 Å². The van der Waals surface area contributed by atoms with Crippen LogP contribution in [-0.4, -0.2) is 19.3 Å². The van der Waals surface area contributed by atoms with E-state index < -0.39 is 16.3 Å². The highest BCUT2D eigenvalue weighted by Gasteiger charge is 2.24. The Labute approximate surface area is 96.9 Å². The van der Waals surface area contributed by atoms with Gasteiger partial charge < -0.3 is 11.5 Å². The third-order valence-electron chi connectivity index (χ3n) is 2.64. The molecule has 16 heavy (non-hydrogen) atoms. The minimum Gasteiger partial charge on any atom is -0.398 e. The Morgan fingerprint density at radius 3 is 2.62 bits per heavy atom. The molecule has 0 aromatic heterocycles. The third-order valence-corrected chi connectivity index (χ3v) is 3.39. The molecule has 88 valence electrons. The summed E-state index contributed by atoms with van der Waals surface area (Å²) in [5, 5.41) is 0. The second-order valence-electron chi connectivity index (χ2n) is 3.56. The molecule has 0 saturated carbocycles. The first-order valence-electron chi connectivity index (χ1n) is 5.04. The van der Waals surface area contributed by atoms with Gasteiger partial charge in [0.2, 0.25) is 10.3 Å². The lowest BCUT2D eigenvalue weighted by atomic mass is 9.88. The van der Waals surface area contributed by atoms with Gasteiger partial charge in [-0.1, -0.05) is 13.0 Å². The van der Waals surface area contributed by atoms with Crippen molar-refractivity contribution < 1.29 is 8.42 Å². The first-order valence-corrected chi connectivity index (χ1v) is 6.12. The molecule has 1 rings (SSSR count). The highest BCUT2D eigenvalue weighted by Crippen LogP contribution is 2.25. The quantitative estimate of drug-likeness (QED) is 0.555. The van der Waals surface area contributed by atoms with Crippen molar-refractivity contribution in [1.29, 1.82) is 0 Å². The van der Waals surface area contributed by atoms with E-state index in [4.69, 9.17) is 11.5 Å². The predicted molar refractivity (Wildman–Crippen MR) is 66.3 cm³/mol. The van der Waals surface area contributed by atoms with E-state index >= 15 is 0 Å². The zero-order chi connectivity index (χ0) is 12.3. The fourth-order valence-electron chi connectivity index (χ4n) is 1.85. The molecule has 0 amide bonds. The van der Waals surface area contributed by atoms with Crippen LogP contribution < -0.4 is 11.5 Å². The van der Waals surface area contributed by atoms with E-state index in [1.54, 1.807) is 6.08 Å². The van der Waals surface area contributed by atoms with Crippen LogP contribution in [0.1, 0.15) is 19.8 Å². The van der Waals surface area contributed by atoms with Crippen molar-refractivity contribution in [2.45, 2.75) is 25.8 Å². The predicted octanol–water partition coefficient (Wildman–Crippen LogP) is 0.504. The van der Waals surface area contributed by atoms with Crippen LogP contribution >= 0.6 is 0 Å². The van der Waals surface area contributed by atoms with E-state index in [-0.39, 0.29) is 4.86 Å². The van der Waals surface area contributed by atoms with Crippen LogP contribution in [0.25, 0.3) is 0 Å². The molecule has 0 aliphatic heterocycles. The van der Waals surface area contributed by atoms with Crippen molar-refractivity contribution >= 4 is 15.2 Å². The Morgan fingerprint density at radius 2 is 2.19 bits per heavy atom. The Hall–Kier alpha value is -1.33. The third kappa shape index (κ3) is 2.25. The number of hydrogen-bond donors (Lipinski definition) is 2. The van der Waals surface area contributed by atoms with E-state index in [1.807, 2.05) is 6.92 Å². The van der Waals surface area contributed by atoms with Crippen LogP contribution in [0, 0.1) is 0 Å². The molecule has 1 unspecified atom stereocenters. The summed E-state index contributed by atoms with van der Waals surface area (Å²) in [5.74, 6) is 0. The highest BCUT2D eigenvalue weighted by molar-refractivity contribution is 7.73. The molecule has 0 heterocycles. The van der Waals surface area contributed by atoms with Gasteiger partial charge in [0.1, 0.15) is 0 Å². The molecule has 0 bridgehead atoms. The summed E-state index contributed by atoms with van der Waals surface area (Å²) in [6.07, 6.45) is 4.46. The topological polar surface area (TPSA) is 86.2 Å². The molecule has 0 spiro atoms. The number of allylic oxidation sites excluding steroid dienone is 2. The van der Waals surface area contributed by atoms with Gasteiger partial charge in [-0.15, -0.1) is 6.58 Å². The fraction of sp³-hybridized carbons (Fsp3) is 0.364. The highest BCUT2D eigenvalue weighted by atomic mass is 32.2. The first kappa shape index (κ1) is 12.7. The molecular weight excluding hydrogens is 224 g/mol. The summed E-state index contributed by atoms with van der Waals surface area (Å²) in [4.78, 5) is 0.155. The van der Waals surface area contributed by atoms with Crippen molar-refractivity contribution in [1.82, 2.24) is 0 Å². The van der Waals surface area contributed by atoms with E-state index in [2.05, 4.69) is 6.58 Å². The fourth-order valence-corrected chi connectivity index (χ4v) is 2.43. The largest absolute Gasteiger partial charge is 0.398 e. The average molecular weight is 240 g/mol. The lowest BCUT2D eigenvalue weighted by Gasteiger charge is -2.23. The van der Waals surface area contributed by atoms with E-state index in [0.29, 0.717) is 18.5 Å². The standard InChI is InChI=1S/C11H16N2O2S/c1-3-5-8-7(4-2)11(13)10(16(14)15)6-9(8)12/h3,6,11H,1,4-5,12-13H2,2H3. The summed E-state index contributed by atoms with van der Waals surface area (Å²) >= 11 is 0. The van der Waals surface area contributed by atoms with Crippen LogP contribution in [0.15, 0.2) is 35.6 Å². The minimum atomic E-state index is -2.32. The molecule has 0 fully saturated rings. The van der Waals surface area contributed by atoms with E-state index in [1.165, 1.54) is 6.08 Å². The maximum atomic E-state index is 11.0. The first-order chi connectivity index (χ1) is 7.52. The van der Waals surface area contributed by atoms with Gasteiger partial charge in [0.25, 0.3) is 0 Å². The number of nitrogens with two attached hydrogens (primary N) is 2. The lowest BCUT2D eigenvalue weighted by molar-refractivity contribution is 0.626. The molecule has 0 aromatic carbocycles. The summed E-state index contributed by atoms with van der Waals surface area (Å²) in [6, 6.07) is -0.578. The Kier molecular flexibility index (Phi) is 4.09. The van der Waals surface area contributed by atoms with Crippen molar-refractivity contribution in [3.05, 3.63) is 35.6 Å². The van der Waals surface area contributed by atoms with Gasteiger partial charge in [-0.25, -0.2) is 0 Å². The maximum absolute atomic E-state index is 11.0. The second kappa shape index (κ2) is 5.14. The Morgan fingerprint density at radius 1 is 1.56 bits per heavy atom. The monoisotopic (exact) mass is 240 g/mol. The SMILES string of the molecule is C=CCC1=C(CC)C(N)C(=S(=O)=O)C=C1N. The maximum Gasteiger partial charge on any atom is 0.219 e. The van der Waals surface area contributed by atoms with Crippen molar-refractivity contribution in [3.8, 4) is 0 Å². The molecule has 0 radical (unpaired) electrons. The zero-order valence-electron chi connectivity index (χ0n) is 9.23. The molecule has 1 atom stereocenters. The van der Waals surface area contributed by atoms with E-state index in [0.717, 1.165) is 11.1 Å². The van der Waals surface area contributed by atoms with Crippen molar-refractivity contribution in [2.24, 2.45) is 11.5 Å². The number of hydrogen-bond acceptors (Lipinski definition) is 4.